The molecule has 2 rings (SSSR count). The number of nitrogens with two attached hydrogens (primary N) is 1. The molecule has 1 aromatic carbocycles. The summed E-state index contributed by atoms with van der Waals surface area (Å²) in [4.78, 5) is 42.8. The fraction of sp³-hybridized carbons (Fsp3) is 0.645. The van der Waals surface area contributed by atoms with Crippen LogP contribution in [-0.2, 0) is 22.4 Å². The van der Waals surface area contributed by atoms with Gasteiger partial charge in [-0.15, -0.1) is 4.91 Å². The highest BCUT2D eigenvalue weighted by atomic mass is 79.9. The maximum Gasteiger partial charge on any atom is 0.248 e. The van der Waals surface area contributed by atoms with Crippen LogP contribution in [0.4, 0.5) is 5.95 Å². The highest BCUT2D eigenvalue weighted by molar-refractivity contribution is 9.11. The normalized spacial score (nSPS) is 11.7. The van der Waals surface area contributed by atoms with Crippen LogP contribution in [0.15, 0.2) is 32.5 Å². The van der Waals surface area contributed by atoms with Crippen molar-refractivity contribution in [3.8, 4) is 5.75 Å². The molecule has 0 saturated heterocycles. The van der Waals surface area contributed by atoms with Gasteiger partial charge in [0, 0.05) is 38.0 Å². The molecule has 0 radical (unpaired) electrons. The average molecular weight is 729 g/mol. The van der Waals surface area contributed by atoms with Crippen molar-refractivity contribution in [2.45, 2.75) is 109 Å². The zero-order valence-electron chi connectivity index (χ0n) is 25.4. The molecule has 1 unspecified atom stereocenters. The number of carbonyl (C=O) groups is 2. The van der Waals surface area contributed by atoms with E-state index in [0.29, 0.717) is 59.6 Å². The Morgan fingerprint density at radius 3 is 2.16 bits per heavy atom. The van der Waals surface area contributed by atoms with Gasteiger partial charge in [-0.1, -0.05) is 76.3 Å². The fourth-order valence-electron chi connectivity index (χ4n) is 4.72. The van der Waals surface area contributed by atoms with Gasteiger partial charge in [0.2, 0.25) is 11.8 Å². The van der Waals surface area contributed by atoms with E-state index < -0.39 is 11.9 Å². The highest BCUT2D eigenvalue weighted by Crippen LogP contribution is 2.35. The molecule has 5 N–H and O–H groups in total. The molecule has 2 aromatic rings. The number of nitrogen functional groups attached to an aromatic ring is 1. The number of amides is 2. The third-order valence-corrected chi connectivity index (χ3v) is 8.33. The summed E-state index contributed by atoms with van der Waals surface area (Å²) in [5, 5.41) is 8.74. The number of nitroso groups, excluding NO2 is 1. The van der Waals surface area contributed by atoms with Crippen LogP contribution < -0.4 is 21.1 Å². The molecule has 12 heteroatoms. The van der Waals surface area contributed by atoms with Crippen molar-refractivity contribution in [3.63, 3.8) is 0 Å². The number of hydrogen-bond acceptors (Lipinski definition) is 7. The van der Waals surface area contributed by atoms with Gasteiger partial charge in [0.1, 0.15) is 5.75 Å². The third kappa shape index (κ3) is 15.7. The van der Waals surface area contributed by atoms with E-state index in [1.165, 1.54) is 57.8 Å². The molecule has 0 aliphatic rings. The van der Waals surface area contributed by atoms with Crippen molar-refractivity contribution in [2.75, 3.05) is 25.4 Å². The summed E-state index contributed by atoms with van der Waals surface area (Å²) in [7, 11) is 0. The molecule has 0 spiro atoms. The Kier molecular flexibility index (Phi) is 18.9. The van der Waals surface area contributed by atoms with E-state index in [4.69, 9.17) is 10.5 Å². The molecule has 0 bridgehead atoms. The van der Waals surface area contributed by atoms with Crippen LogP contribution in [0.25, 0.3) is 0 Å². The second-order valence-electron chi connectivity index (χ2n) is 10.9. The number of nitrogens with one attached hydrogen (secondary N) is 3. The number of halogens is 2. The molecular formula is C31H48Br2N6O4. The molecule has 43 heavy (non-hydrogen) atoms. The van der Waals surface area contributed by atoms with Crippen LogP contribution in [-0.4, -0.2) is 47.5 Å². The molecule has 10 nitrogen and oxygen atoms in total. The van der Waals surface area contributed by atoms with E-state index in [0.717, 1.165) is 24.1 Å². The van der Waals surface area contributed by atoms with Crippen molar-refractivity contribution in [1.29, 1.82) is 0 Å². The van der Waals surface area contributed by atoms with Crippen LogP contribution in [0.1, 0.15) is 102 Å². The number of aromatic nitrogens is 2. The van der Waals surface area contributed by atoms with Crippen molar-refractivity contribution in [2.24, 2.45) is 5.18 Å². The zero-order valence-corrected chi connectivity index (χ0v) is 28.6. The van der Waals surface area contributed by atoms with Crippen molar-refractivity contribution in [1.82, 2.24) is 20.6 Å². The van der Waals surface area contributed by atoms with Gasteiger partial charge in [0.15, 0.2) is 12.0 Å². The van der Waals surface area contributed by atoms with Gasteiger partial charge in [-0.25, -0.2) is 4.98 Å². The van der Waals surface area contributed by atoms with E-state index in [9.17, 15) is 14.5 Å². The first-order valence-electron chi connectivity index (χ1n) is 15.6. The molecule has 1 aromatic heterocycles. The quantitative estimate of drug-likeness (QED) is 0.0667. The standard InChI is InChI=1S/C31H48Br2N6O4/c1-2-3-4-5-6-7-8-9-10-11-12-14-28(40)35-16-13-18-43-29-25(32)19-23(20-26(29)33)21-27(39-42)30(41)36-17-15-24-22-37-31(34)38-24/h19-20,22,27H,2-18,21H2,1H3,(H,35,40)(H,36,41)(H3,34,37,38). The van der Waals surface area contributed by atoms with Gasteiger partial charge in [0.25, 0.3) is 0 Å². The lowest BCUT2D eigenvalue weighted by molar-refractivity contribution is -0.122. The third-order valence-electron chi connectivity index (χ3n) is 7.16. The molecule has 0 saturated carbocycles. The van der Waals surface area contributed by atoms with Crippen molar-refractivity contribution < 1.29 is 14.3 Å². The Labute approximate surface area is 272 Å². The number of imidazole rings is 1. The summed E-state index contributed by atoms with van der Waals surface area (Å²) in [5.41, 5.74) is 7.09. The smallest absolute Gasteiger partial charge is 0.248 e. The number of anilines is 1. The van der Waals surface area contributed by atoms with Crippen LogP contribution in [0.5, 0.6) is 5.75 Å². The van der Waals surface area contributed by atoms with E-state index >= 15 is 0 Å². The minimum absolute atomic E-state index is 0.0935. The van der Waals surface area contributed by atoms with E-state index in [-0.39, 0.29) is 12.3 Å². The Hall–Kier alpha value is -2.47. The molecule has 2 amide bonds. The van der Waals surface area contributed by atoms with Gasteiger partial charge in [0.05, 0.1) is 21.7 Å². The van der Waals surface area contributed by atoms with Gasteiger partial charge in [-0.2, -0.15) is 0 Å². The minimum atomic E-state index is -1.06. The van der Waals surface area contributed by atoms with Crippen LogP contribution in [0, 0.1) is 4.91 Å². The SMILES string of the molecule is CCCCCCCCCCCCCC(=O)NCCCOc1c(Br)cc(CC(N=O)C(=O)NCCc2cnc(N)[nH]2)cc1Br. The number of unbranched alkanes of at least 4 members (excludes halogenated alkanes) is 10. The number of benzene rings is 1. The zero-order chi connectivity index (χ0) is 31.3. The topological polar surface area (TPSA) is 152 Å². The second kappa shape index (κ2) is 22.1. The van der Waals surface area contributed by atoms with Crippen LogP contribution in [0.3, 0.4) is 0 Å². The summed E-state index contributed by atoms with van der Waals surface area (Å²) in [5.74, 6) is 0.584. The summed E-state index contributed by atoms with van der Waals surface area (Å²) in [6.07, 6.45) is 17.4. The number of nitrogens with zero attached hydrogens (tertiary/aromatic N) is 2. The van der Waals surface area contributed by atoms with Crippen LogP contribution in [0.2, 0.25) is 0 Å². The number of aromatic amines is 1. The maximum atomic E-state index is 12.5. The molecule has 1 heterocycles. The lowest BCUT2D eigenvalue weighted by Crippen LogP contribution is -2.35. The maximum absolute atomic E-state index is 12.5. The minimum Gasteiger partial charge on any atom is -0.491 e. The monoisotopic (exact) mass is 726 g/mol. The highest BCUT2D eigenvalue weighted by Gasteiger charge is 2.21. The molecule has 0 fully saturated rings. The van der Waals surface area contributed by atoms with Gasteiger partial charge >= 0.3 is 0 Å². The summed E-state index contributed by atoms with van der Waals surface area (Å²) in [6, 6.07) is 2.56. The second-order valence-corrected chi connectivity index (χ2v) is 12.6. The first kappa shape index (κ1) is 36.7. The van der Waals surface area contributed by atoms with Crippen molar-refractivity contribution in [3.05, 3.63) is 43.4 Å². The predicted molar refractivity (Wildman–Crippen MR) is 179 cm³/mol. The summed E-state index contributed by atoms with van der Waals surface area (Å²) in [6.45, 7) is 3.56. The number of hydrogen-bond donors (Lipinski definition) is 4. The lowest BCUT2D eigenvalue weighted by atomic mass is 10.1. The van der Waals surface area contributed by atoms with Crippen molar-refractivity contribution >= 4 is 49.6 Å². The lowest BCUT2D eigenvalue weighted by Gasteiger charge is -2.14. The molecule has 0 aliphatic carbocycles. The number of H-pyrrole nitrogens is 1. The van der Waals surface area contributed by atoms with E-state index in [1.54, 1.807) is 6.20 Å². The Balaban J connectivity index is 1.59. The van der Waals surface area contributed by atoms with Gasteiger partial charge in [-0.3, -0.25) is 9.59 Å². The predicted octanol–water partition coefficient (Wildman–Crippen LogP) is 7.14. The number of ether oxygens (including phenoxy) is 1. The first-order chi connectivity index (χ1) is 20.8. The first-order valence-corrected chi connectivity index (χ1v) is 17.2. The molecule has 1 atom stereocenters. The number of carbonyl (C=O) groups excluding carboxylic acids is 2. The van der Waals surface area contributed by atoms with Gasteiger partial charge < -0.3 is 26.1 Å². The Morgan fingerprint density at radius 1 is 0.953 bits per heavy atom. The Morgan fingerprint density at radius 2 is 1.58 bits per heavy atom. The van der Waals surface area contributed by atoms with Gasteiger partial charge in [-0.05, 0) is 62.4 Å². The molecule has 240 valence electrons. The largest absolute Gasteiger partial charge is 0.491 e. The summed E-state index contributed by atoms with van der Waals surface area (Å²) >= 11 is 7.05. The van der Waals surface area contributed by atoms with E-state index in [1.807, 2.05) is 12.1 Å². The average Bonchev–Trinajstić information content (AvgIpc) is 3.40. The summed E-state index contributed by atoms with van der Waals surface area (Å²) < 4.78 is 7.31. The Bertz CT molecular complexity index is 1090. The molecular weight excluding hydrogens is 680 g/mol. The van der Waals surface area contributed by atoms with E-state index in [2.05, 4.69) is 64.6 Å². The number of rotatable bonds is 24. The fourth-order valence-corrected chi connectivity index (χ4v) is 6.23. The molecule has 0 aliphatic heterocycles. The van der Waals surface area contributed by atoms with Crippen LogP contribution >= 0.6 is 31.9 Å².